The minimum absolute atomic E-state index is 0.00385. The molecule has 1 aliphatic rings. The number of fused-ring (bicyclic) bond motifs is 1. The van der Waals surface area contributed by atoms with Gasteiger partial charge in [-0.25, -0.2) is 4.98 Å². The molecule has 0 unspecified atom stereocenters. The van der Waals surface area contributed by atoms with Crippen LogP contribution in [0.2, 0.25) is 5.02 Å². The third-order valence-corrected chi connectivity index (χ3v) is 5.50. The summed E-state index contributed by atoms with van der Waals surface area (Å²) in [5.41, 5.74) is 4.16. The molecule has 0 saturated heterocycles. The predicted octanol–water partition coefficient (Wildman–Crippen LogP) is 4.20. The first-order valence-electron chi connectivity index (χ1n) is 8.11. The molecular weight excluding hydrogens is 354 g/mol. The molecule has 4 rings (SSSR count). The van der Waals surface area contributed by atoms with E-state index in [9.17, 15) is 4.79 Å². The summed E-state index contributed by atoms with van der Waals surface area (Å²) in [6.07, 6.45) is 5.67. The van der Waals surface area contributed by atoms with Crippen molar-refractivity contribution in [2.24, 2.45) is 0 Å². The number of nitrogens with zero attached hydrogens (tertiary/aromatic N) is 2. The highest BCUT2D eigenvalue weighted by molar-refractivity contribution is 7.13. The van der Waals surface area contributed by atoms with Crippen molar-refractivity contribution in [1.29, 1.82) is 0 Å². The van der Waals surface area contributed by atoms with E-state index in [4.69, 9.17) is 11.6 Å². The number of pyridine rings is 1. The van der Waals surface area contributed by atoms with Gasteiger partial charge < -0.3 is 5.32 Å². The molecule has 1 aromatic carbocycles. The molecule has 1 aliphatic carbocycles. The Morgan fingerprint density at radius 1 is 1.36 bits per heavy atom. The lowest BCUT2D eigenvalue weighted by molar-refractivity contribution is -0.121. The van der Waals surface area contributed by atoms with Gasteiger partial charge in [-0.05, 0) is 48.2 Å². The summed E-state index contributed by atoms with van der Waals surface area (Å²) in [7, 11) is 0. The first kappa shape index (κ1) is 16.2. The Morgan fingerprint density at radius 2 is 2.28 bits per heavy atom. The Kier molecular flexibility index (Phi) is 4.51. The number of aromatic nitrogens is 2. The fraction of sp³-hybridized carbons (Fsp3) is 0.211. The van der Waals surface area contributed by atoms with E-state index in [1.807, 2.05) is 35.7 Å². The molecule has 0 radical (unpaired) electrons. The fourth-order valence-corrected chi connectivity index (χ4v) is 4.16. The molecule has 2 heterocycles. The number of hydrogen-bond donors (Lipinski definition) is 1. The molecule has 25 heavy (non-hydrogen) atoms. The zero-order valence-corrected chi connectivity index (χ0v) is 15.0. The molecule has 4 nitrogen and oxygen atoms in total. The number of amides is 1. The summed E-state index contributed by atoms with van der Waals surface area (Å²) in [5, 5.41) is 6.69. The summed E-state index contributed by atoms with van der Waals surface area (Å²) in [5.74, 6) is -0.00385. The maximum atomic E-state index is 12.4. The van der Waals surface area contributed by atoms with Gasteiger partial charge in [0.25, 0.3) is 0 Å². The summed E-state index contributed by atoms with van der Waals surface area (Å²) in [6.45, 7) is 0. The maximum absolute atomic E-state index is 12.4. The zero-order chi connectivity index (χ0) is 17.2. The number of thiazole rings is 1. The van der Waals surface area contributed by atoms with Crippen LogP contribution in [0.4, 0.5) is 0 Å². The van der Waals surface area contributed by atoms with Crippen LogP contribution in [0.25, 0.3) is 10.6 Å². The second-order valence-corrected chi connectivity index (χ2v) is 7.36. The van der Waals surface area contributed by atoms with Crippen molar-refractivity contribution >= 4 is 28.8 Å². The predicted molar refractivity (Wildman–Crippen MR) is 99.7 cm³/mol. The molecule has 1 N–H and O–H groups in total. The highest BCUT2D eigenvalue weighted by Gasteiger charge is 2.24. The molecule has 0 spiro atoms. The average molecular weight is 370 g/mol. The van der Waals surface area contributed by atoms with Gasteiger partial charge in [0, 0.05) is 28.4 Å². The molecular formula is C19H16ClN3OS. The molecule has 0 aliphatic heterocycles. The normalized spacial score (nSPS) is 15.8. The Hall–Kier alpha value is -2.24. The van der Waals surface area contributed by atoms with Gasteiger partial charge >= 0.3 is 0 Å². The third-order valence-electron chi connectivity index (χ3n) is 4.32. The van der Waals surface area contributed by atoms with Crippen LogP contribution in [0.15, 0.2) is 48.1 Å². The maximum Gasteiger partial charge on any atom is 0.226 e. The number of carbonyl (C=O) groups is 1. The lowest BCUT2D eigenvalue weighted by atomic mass is 10.1. The number of rotatable bonds is 4. The molecule has 6 heteroatoms. The Balaban J connectivity index is 1.42. The van der Waals surface area contributed by atoms with Gasteiger partial charge in [-0.2, -0.15) is 0 Å². The molecule has 1 amide bonds. The first-order valence-corrected chi connectivity index (χ1v) is 9.37. The van der Waals surface area contributed by atoms with Crippen molar-refractivity contribution < 1.29 is 4.79 Å². The monoisotopic (exact) mass is 369 g/mol. The van der Waals surface area contributed by atoms with Crippen LogP contribution >= 0.6 is 22.9 Å². The van der Waals surface area contributed by atoms with Crippen LogP contribution in [0.5, 0.6) is 0 Å². The van der Waals surface area contributed by atoms with Gasteiger partial charge in [0.15, 0.2) is 0 Å². The second-order valence-electron chi connectivity index (χ2n) is 6.06. The van der Waals surface area contributed by atoms with Gasteiger partial charge in [0.1, 0.15) is 5.01 Å². The Morgan fingerprint density at radius 3 is 3.12 bits per heavy atom. The summed E-state index contributed by atoms with van der Waals surface area (Å²) in [6, 6.07) is 9.80. The zero-order valence-electron chi connectivity index (χ0n) is 13.4. The summed E-state index contributed by atoms with van der Waals surface area (Å²) in [4.78, 5) is 21.1. The minimum Gasteiger partial charge on any atom is -0.349 e. The molecule has 3 aromatic rings. The first-order chi connectivity index (χ1) is 12.2. The van der Waals surface area contributed by atoms with E-state index >= 15 is 0 Å². The van der Waals surface area contributed by atoms with E-state index in [0.717, 1.165) is 34.1 Å². The molecule has 2 aromatic heterocycles. The smallest absolute Gasteiger partial charge is 0.226 e. The minimum atomic E-state index is -0.00385. The number of benzene rings is 1. The van der Waals surface area contributed by atoms with Crippen molar-refractivity contribution in [3.05, 3.63) is 69.9 Å². The number of halogens is 1. The lowest BCUT2D eigenvalue weighted by Gasteiger charge is -2.13. The van der Waals surface area contributed by atoms with E-state index < -0.39 is 0 Å². The number of aryl methyl sites for hydroxylation is 1. The van der Waals surface area contributed by atoms with Crippen LogP contribution in [-0.2, 0) is 17.6 Å². The van der Waals surface area contributed by atoms with E-state index in [1.54, 1.807) is 12.4 Å². The van der Waals surface area contributed by atoms with Gasteiger partial charge in [-0.3, -0.25) is 9.78 Å². The van der Waals surface area contributed by atoms with Crippen LogP contribution < -0.4 is 5.32 Å². The van der Waals surface area contributed by atoms with Crippen LogP contribution in [0, 0.1) is 0 Å². The van der Waals surface area contributed by atoms with Crippen molar-refractivity contribution in [1.82, 2.24) is 15.3 Å². The third kappa shape index (κ3) is 3.57. The lowest BCUT2D eigenvalue weighted by Crippen LogP contribution is -2.28. The average Bonchev–Trinajstić information content (AvgIpc) is 3.23. The summed E-state index contributed by atoms with van der Waals surface area (Å²) < 4.78 is 0. The van der Waals surface area contributed by atoms with Crippen LogP contribution in [0.3, 0.4) is 0 Å². The standard InChI is InChI=1S/C19H16ClN3OS/c20-14-4-5-16-12(8-14)3-6-17(16)23-18(24)9-15-11-25-19(22-15)13-2-1-7-21-10-13/h1-2,4-5,7-8,10-11,17H,3,6,9H2,(H,23,24)/t17-/m0/s1. The fourth-order valence-electron chi connectivity index (χ4n) is 3.16. The molecule has 1 atom stereocenters. The van der Waals surface area contributed by atoms with E-state index in [0.29, 0.717) is 0 Å². The van der Waals surface area contributed by atoms with Gasteiger partial charge in [-0.15, -0.1) is 11.3 Å². The number of carbonyl (C=O) groups excluding carboxylic acids is 1. The largest absolute Gasteiger partial charge is 0.349 e. The molecule has 0 saturated carbocycles. The summed E-state index contributed by atoms with van der Waals surface area (Å²) >= 11 is 7.57. The van der Waals surface area contributed by atoms with Crippen LogP contribution in [0.1, 0.15) is 29.3 Å². The van der Waals surface area contributed by atoms with E-state index in [1.165, 1.54) is 22.5 Å². The van der Waals surface area contributed by atoms with Gasteiger partial charge in [0.2, 0.25) is 5.91 Å². The van der Waals surface area contributed by atoms with Crippen LogP contribution in [-0.4, -0.2) is 15.9 Å². The Labute approximate surface area is 154 Å². The number of hydrogen-bond acceptors (Lipinski definition) is 4. The topological polar surface area (TPSA) is 54.9 Å². The van der Waals surface area contributed by atoms with Crippen molar-refractivity contribution in [3.63, 3.8) is 0 Å². The Bertz CT molecular complexity index is 910. The van der Waals surface area contributed by atoms with Crippen molar-refractivity contribution in [2.75, 3.05) is 0 Å². The molecule has 126 valence electrons. The molecule has 0 bridgehead atoms. The van der Waals surface area contributed by atoms with Crippen molar-refractivity contribution in [3.8, 4) is 10.6 Å². The van der Waals surface area contributed by atoms with Gasteiger partial charge in [0.05, 0.1) is 18.2 Å². The number of nitrogens with one attached hydrogen (secondary N) is 1. The second kappa shape index (κ2) is 6.94. The van der Waals surface area contributed by atoms with E-state index in [-0.39, 0.29) is 18.4 Å². The van der Waals surface area contributed by atoms with Gasteiger partial charge in [-0.1, -0.05) is 17.7 Å². The van der Waals surface area contributed by atoms with Crippen molar-refractivity contribution in [2.45, 2.75) is 25.3 Å². The molecule has 0 fully saturated rings. The quantitative estimate of drug-likeness (QED) is 0.749. The highest BCUT2D eigenvalue weighted by Crippen LogP contribution is 2.33. The highest BCUT2D eigenvalue weighted by atomic mass is 35.5. The van der Waals surface area contributed by atoms with E-state index in [2.05, 4.69) is 15.3 Å². The SMILES string of the molecule is O=C(Cc1csc(-c2cccnc2)n1)N[C@H]1CCc2cc(Cl)ccc21.